The highest BCUT2D eigenvalue weighted by Gasteiger charge is 2.48. The van der Waals surface area contributed by atoms with Crippen molar-refractivity contribution in [3.8, 4) is 0 Å². The number of hydrogen-bond acceptors (Lipinski definition) is 4. The maximum absolute atomic E-state index is 13.0. The van der Waals surface area contributed by atoms with Gasteiger partial charge in [-0.3, -0.25) is 14.5 Å². The fourth-order valence-corrected chi connectivity index (χ4v) is 3.82. The molecule has 1 unspecified atom stereocenters. The summed E-state index contributed by atoms with van der Waals surface area (Å²) in [4.78, 5) is 27.2. The van der Waals surface area contributed by atoms with Crippen molar-refractivity contribution in [2.75, 3.05) is 4.90 Å². The lowest BCUT2D eigenvalue weighted by atomic mass is 9.99. The van der Waals surface area contributed by atoms with Crippen molar-refractivity contribution in [3.63, 3.8) is 0 Å². The van der Waals surface area contributed by atoms with E-state index in [9.17, 15) is 14.7 Å². The smallest absolute Gasteiger partial charge is 0.300 e. The first-order valence-electron chi connectivity index (χ1n) is 8.75. The molecule has 0 bridgehead atoms. The van der Waals surface area contributed by atoms with E-state index in [-0.39, 0.29) is 11.3 Å². The summed E-state index contributed by atoms with van der Waals surface area (Å²) in [7, 11) is 0. The van der Waals surface area contributed by atoms with Crippen LogP contribution in [0.25, 0.3) is 5.76 Å². The molecule has 1 amide bonds. The highest BCUT2D eigenvalue weighted by Crippen LogP contribution is 2.42. The second-order valence-electron chi connectivity index (χ2n) is 6.60. The van der Waals surface area contributed by atoms with Gasteiger partial charge in [0.2, 0.25) is 0 Å². The van der Waals surface area contributed by atoms with Crippen LogP contribution in [0.3, 0.4) is 0 Å². The summed E-state index contributed by atoms with van der Waals surface area (Å²) in [6.07, 6.45) is 0. The highest BCUT2D eigenvalue weighted by atomic mass is 79.9. The van der Waals surface area contributed by atoms with Crippen LogP contribution in [0.4, 0.5) is 5.69 Å². The SMILES string of the molecule is Cc1ccc(C2/C(=C(/O)c3cccc(Cl)c3)C(=O)C(=O)N2c2ccc(Br)cc2)o1. The second-order valence-corrected chi connectivity index (χ2v) is 7.96. The Morgan fingerprint density at radius 3 is 2.45 bits per heavy atom. The number of aryl methyl sites for hydroxylation is 1. The molecule has 2 heterocycles. The van der Waals surface area contributed by atoms with E-state index in [1.807, 2.05) is 0 Å². The summed E-state index contributed by atoms with van der Waals surface area (Å²) in [5, 5.41) is 11.4. The maximum Gasteiger partial charge on any atom is 0.300 e. The van der Waals surface area contributed by atoms with Gasteiger partial charge >= 0.3 is 0 Å². The van der Waals surface area contributed by atoms with Crippen molar-refractivity contribution in [2.45, 2.75) is 13.0 Å². The maximum atomic E-state index is 13.0. The van der Waals surface area contributed by atoms with Crippen molar-refractivity contribution in [1.29, 1.82) is 0 Å². The van der Waals surface area contributed by atoms with Gasteiger partial charge in [-0.15, -0.1) is 0 Å². The molecule has 0 aliphatic carbocycles. The Morgan fingerprint density at radius 1 is 1.10 bits per heavy atom. The van der Waals surface area contributed by atoms with E-state index in [1.54, 1.807) is 61.5 Å². The van der Waals surface area contributed by atoms with Crippen LogP contribution >= 0.6 is 27.5 Å². The third-order valence-corrected chi connectivity index (χ3v) is 5.44. The number of rotatable bonds is 3. The van der Waals surface area contributed by atoms with E-state index >= 15 is 0 Å². The Hall–Kier alpha value is -2.83. The zero-order chi connectivity index (χ0) is 20.7. The average Bonchev–Trinajstić information content (AvgIpc) is 3.23. The predicted molar refractivity (Wildman–Crippen MR) is 114 cm³/mol. The summed E-state index contributed by atoms with van der Waals surface area (Å²) in [6, 6.07) is 16.0. The third kappa shape index (κ3) is 3.50. The molecule has 1 aliphatic heterocycles. The normalized spacial score (nSPS) is 18.4. The molecule has 2 aromatic carbocycles. The summed E-state index contributed by atoms with van der Waals surface area (Å²) >= 11 is 9.40. The molecule has 7 heteroatoms. The second kappa shape index (κ2) is 7.54. The first-order valence-corrected chi connectivity index (χ1v) is 9.93. The molecule has 1 atom stereocenters. The number of carbonyl (C=O) groups is 2. The molecule has 29 heavy (non-hydrogen) atoms. The van der Waals surface area contributed by atoms with E-state index in [1.165, 1.54) is 11.0 Å². The molecule has 0 saturated carbocycles. The minimum atomic E-state index is -0.899. The van der Waals surface area contributed by atoms with Gasteiger partial charge in [0.15, 0.2) is 0 Å². The lowest BCUT2D eigenvalue weighted by Gasteiger charge is -2.23. The summed E-state index contributed by atoms with van der Waals surface area (Å²) in [5.41, 5.74) is 0.814. The number of nitrogens with zero attached hydrogens (tertiary/aromatic N) is 1. The molecule has 3 aromatic rings. The summed E-state index contributed by atoms with van der Waals surface area (Å²) < 4.78 is 6.59. The molecule has 0 spiro atoms. The fourth-order valence-electron chi connectivity index (χ4n) is 3.36. The van der Waals surface area contributed by atoms with Gasteiger partial charge in [0.1, 0.15) is 23.3 Å². The molecule has 146 valence electrons. The Kier molecular flexibility index (Phi) is 5.06. The number of hydrogen-bond donors (Lipinski definition) is 1. The minimum absolute atomic E-state index is 0.0467. The van der Waals surface area contributed by atoms with Crippen LogP contribution in [0.5, 0.6) is 0 Å². The van der Waals surface area contributed by atoms with E-state index in [0.717, 1.165) is 4.47 Å². The van der Waals surface area contributed by atoms with Crippen LogP contribution in [0.1, 0.15) is 23.1 Å². The average molecular weight is 473 g/mol. The quantitative estimate of drug-likeness (QED) is 0.305. The van der Waals surface area contributed by atoms with Gasteiger partial charge in [-0.2, -0.15) is 0 Å². The van der Waals surface area contributed by atoms with E-state index < -0.39 is 17.7 Å². The lowest BCUT2D eigenvalue weighted by Crippen LogP contribution is -2.29. The Bertz CT molecular complexity index is 1150. The number of Topliss-reactive ketones (excluding diaryl/α,β-unsaturated/α-hetero) is 1. The molecule has 1 saturated heterocycles. The summed E-state index contributed by atoms with van der Waals surface area (Å²) in [5.74, 6) is -0.818. The summed E-state index contributed by atoms with van der Waals surface area (Å²) in [6.45, 7) is 1.77. The van der Waals surface area contributed by atoms with Crippen LogP contribution in [-0.2, 0) is 9.59 Å². The molecule has 4 rings (SSSR count). The minimum Gasteiger partial charge on any atom is -0.507 e. The van der Waals surface area contributed by atoms with Crippen molar-refractivity contribution < 1.29 is 19.1 Å². The van der Waals surface area contributed by atoms with Gasteiger partial charge in [0, 0.05) is 20.7 Å². The number of halogens is 2. The first kappa shape index (κ1) is 19.5. The Balaban J connectivity index is 1.94. The number of anilines is 1. The van der Waals surface area contributed by atoms with Gasteiger partial charge < -0.3 is 9.52 Å². The fraction of sp³-hybridized carbons (Fsp3) is 0.0909. The predicted octanol–water partition coefficient (Wildman–Crippen LogP) is 5.63. The van der Waals surface area contributed by atoms with E-state index in [2.05, 4.69) is 15.9 Å². The molecule has 1 N–H and O–H groups in total. The zero-order valence-corrected chi connectivity index (χ0v) is 17.6. The van der Waals surface area contributed by atoms with Crippen molar-refractivity contribution >= 4 is 50.7 Å². The number of amides is 1. The van der Waals surface area contributed by atoms with Crippen LogP contribution in [0.2, 0.25) is 5.02 Å². The van der Waals surface area contributed by atoms with Gasteiger partial charge in [0.25, 0.3) is 11.7 Å². The van der Waals surface area contributed by atoms with Gasteiger partial charge in [-0.05, 0) is 55.5 Å². The van der Waals surface area contributed by atoms with E-state index in [4.69, 9.17) is 16.0 Å². The van der Waals surface area contributed by atoms with Crippen molar-refractivity contribution in [2.24, 2.45) is 0 Å². The monoisotopic (exact) mass is 471 g/mol. The van der Waals surface area contributed by atoms with Gasteiger partial charge in [-0.1, -0.05) is 39.7 Å². The molecule has 1 aromatic heterocycles. The first-order chi connectivity index (χ1) is 13.9. The third-order valence-electron chi connectivity index (χ3n) is 4.68. The molecular weight excluding hydrogens is 458 g/mol. The van der Waals surface area contributed by atoms with Crippen LogP contribution in [0, 0.1) is 6.92 Å². The van der Waals surface area contributed by atoms with Crippen molar-refractivity contribution in [3.05, 3.63) is 92.8 Å². The molecule has 0 radical (unpaired) electrons. The number of aliphatic hydroxyl groups is 1. The number of ketones is 1. The topological polar surface area (TPSA) is 70.8 Å². The molecular formula is C22H15BrClNO4. The van der Waals surface area contributed by atoms with Gasteiger partial charge in [0.05, 0.1) is 5.57 Å². The molecule has 1 aliphatic rings. The molecule has 5 nitrogen and oxygen atoms in total. The Labute approximate surface area is 180 Å². The molecule has 1 fully saturated rings. The lowest BCUT2D eigenvalue weighted by molar-refractivity contribution is -0.132. The zero-order valence-electron chi connectivity index (χ0n) is 15.2. The van der Waals surface area contributed by atoms with E-state index in [0.29, 0.717) is 27.8 Å². The Morgan fingerprint density at radius 2 is 1.83 bits per heavy atom. The van der Waals surface area contributed by atoms with Crippen LogP contribution < -0.4 is 4.90 Å². The van der Waals surface area contributed by atoms with Crippen molar-refractivity contribution in [1.82, 2.24) is 0 Å². The highest BCUT2D eigenvalue weighted by molar-refractivity contribution is 9.10. The van der Waals surface area contributed by atoms with Crippen LogP contribution in [0.15, 0.2) is 75.1 Å². The largest absolute Gasteiger partial charge is 0.507 e. The van der Waals surface area contributed by atoms with Crippen LogP contribution in [-0.4, -0.2) is 16.8 Å². The standard InChI is InChI=1S/C22H15BrClNO4/c1-12-5-10-17(29-12)19-18(20(26)13-3-2-4-15(24)11-13)21(27)22(28)25(19)16-8-6-14(23)7-9-16/h2-11,19,26H,1H3/b20-18-. The number of furan rings is 1. The number of carbonyl (C=O) groups excluding carboxylic acids is 2. The number of benzene rings is 2. The van der Waals surface area contributed by atoms with Gasteiger partial charge in [-0.25, -0.2) is 0 Å². The number of aliphatic hydroxyl groups excluding tert-OH is 1.